The van der Waals surface area contributed by atoms with Gasteiger partial charge in [-0.1, -0.05) is 182 Å². The number of rotatable bonds is 39. The van der Waals surface area contributed by atoms with E-state index in [1.165, 1.54) is 51.4 Å². The molecule has 0 N–H and O–H groups in total. The zero-order valence-electron chi connectivity index (χ0n) is 36.6. The van der Waals surface area contributed by atoms with Crippen molar-refractivity contribution in [3.8, 4) is 0 Å². The van der Waals surface area contributed by atoms with E-state index in [0.717, 1.165) is 89.9 Å². The van der Waals surface area contributed by atoms with E-state index in [1.807, 2.05) is 36.5 Å². The minimum Gasteiger partial charge on any atom is -0.462 e. The van der Waals surface area contributed by atoms with Gasteiger partial charge in [0, 0.05) is 19.3 Å². The van der Waals surface area contributed by atoms with Crippen LogP contribution in [0.2, 0.25) is 0 Å². The summed E-state index contributed by atoms with van der Waals surface area (Å²) in [6.07, 6.45) is 58.2. The van der Waals surface area contributed by atoms with Crippen molar-refractivity contribution in [2.24, 2.45) is 0 Å². The van der Waals surface area contributed by atoms with Gasteiger partial charge in [0.2, 0.25) is 0 Å². The zero-order chi connectivity index (χ0) is 41.5. The molecule has 6 heteroatoms. The Hall–Kier alpha value is -3.67. The number of hydrogen-bond donors (Lipinski definition) is 0. The molecule has 0 radical (unpaired) electrons. The van der Waals surface area contributed by atoms with E-state index in [9.17, 15) is 14.4 Å². The third-order valence-electron chi connectivity index (χ3n) is 9.19. The predicted molar refractivity (Wildman–Crippen MR) is 242 cm³/mol. The topological polar surface area (TPSA) is 78.9 Å². The number of unbranched alkanes of at least 4 members (excludes halogenated alkanes) is 17. The molecule has 0 amide bonds. The highest BCUT2D eigenvalue weighted by Crippen LogP contribution is 2.12. The fourth-order valence-corrected chi connectivity index (χ4v) is 5.71. The molecule has 0 aromatic carbocycles. The minimum absolute atomic E-state index is 0.110. The Morgan fingerprint density at radius 2 is 0.702 bits per heavy atom. The summed E-state index contributed by atoms with van der Waals surface area (Å²) in [5.41, 5.74) is 0. The molecule has 0 heterocycles. The molecule has 0 bridgehead atoms. The molecule has 0 spiro atoms. The molecule has 57 heavy (non-hydrogen) atoms. The standard InChI is InChI=1S/C51H82O6/c1-4-7-10-13-16-19-22-24-25-27-29-32-35-38-41-44-50(53)56-47-48(46-55-49(52)43-40-37-34-31-28-21-18-15-12-9-6-3)57-51(54)45-42-39-36-33-30-26-23-20-17-14-11-8-5-2/h8,11,14-24,26,28,30,48H,4-7,9-10,12-13,25,27,29,31-47H2,1-3H3/b11-8-,17-14-,18-15-,19-16-,23-20-,24-22-,28-21-,30-26-. The monoisotopic (exact) mass is 791 g/mol. The van der Waals surface area contributed by atoms with Crippen molar-refractivity contribution < 1.29 is 28.6 Å². The fraction of sp³-hybridized carbons (Fsp3) is 0.627. The molecule has 0 saturated carbocycles. The Balaban J connectivity index is 4.52. The summed E-state index contributed by atoms with van der Waals surface area (Å²) in [7, 11) is 0. The van der Waals surface area contributed by atoms with Crippen LogP contribution < -0.4 is 0 Å². The van der Waals surface area contributed by atoms with E-state index in [4.69, 9.17) is 14.2 Å². The smallest absolute Gasteiger partial charge is 0.306 e. The van der Waals surface area contributed by atoms with Crippen molar-refractivity contribution in [1.29, 1.82) is 0 Å². The number of ether oxygens (including phenoxy) is 3. The van der Waals surface area contributed by atoms with Crippen LogP contribution in [0.1, 0.15) is 188 Å². The van der Waals surface area contributed by atoms with Gasteiger partial charge < -0.3 is 14.2 Å². The third kappa shape index (κ3) is 43.3. The number of hydrogen-bond acceptors (Lipinski definition) is 6. The van der Waals surface area contributed by atoms with Gasteiger partial charge in [-0.3, -0.25) is 14.4 Å². The van der Waals surface area contributed by atoms with Gasteiger partial charge in [0.1, 0.15) is 13.2 Å². The molecule has 1 atom stereocenters. The Kier molecular flexibility index (Phi) is 42.1. The largest absolute Gasteiger partial charge is 0.462 e. The van der Waals surface area contributed by atoms with Crippen molar-refractivity contribution in [1.82, 2.24) is 0 Å². The number of esters is 3. The van der Waals surface area contributed by atoms with Gasteiger partial charge >= 0.3 is 17.9 Å². The Morgan fingerprint density at radius 3 is 1.16 bits per heavy atom. The van der Waals surface area contributed by atoms with Gasteiger partial charge in [0.05, 0.1) is 0 Å². The molecule has 0 saturated heterocycles. The van der Waals surface area contributed by atoms with E-state index < -0.39 is 6.10 Å². The first-order valence-corrected chi connectivity index (χ1v) is 22.8. The normalized spacial score (nSPS) is 13.0. The summed E-state index contributed by atoms with van der Waals surface area (Å²) in [5.74, 6) is -1.00. The van der Waals surface area contributed by atoms with Crippen molar-refractivity contribution in [3.05, 3.63) is 97.2 Å². The molecule has 0 aliphatic carbocycles. The second-order valence-electron chi connectivity index (χ2n) is 14.7. The van der Waals surface area contributed by atoms with E-state index in [1.54, 1.807) is 0 Å². The van der Waals surface area contributed by atoms with Crippen molar-refractivity contribution >= 4 is 17.9 Å². The van der Waals surface area contributed by atoms with Crippen LogP contribution in [0.4, 0.5) is 0 Å². The summed E-state index contributed by atoms with van der Waals surface area (Å²) in [6.45, 7) is 6.31. The van der Waals surface area contributed by atoms with Gasteiger partial charge in [-0.15, -0.1) is 0 Å². The molecule has 6 nitrogen and oxygen atoms in total. The second kappa shape index (κ2) is 45.0. The van der Waals surface area contributed by atoms with Gasteiger partial charge in [-0.25, -0.2) is 0 Å². The maximum Gasteiger partial charge on any atom is 0.306 e. The summed E-state index contributed by atoms with van der Waals surface area (Å²) >= 11 is 0. The zero-order valence-corrected chi connectivity index (χ0v) is 36.6. The van der Waals surface area contributed by atoms with Gasteiger partial charge in [-0.05, 0) is 83.5 Å². The van der Waals surface area contributed by atoms with Crippen molar-refractivity contribution in [3.63, 3.8) is 0 Å². The highest BCUT2D eigenvalue weighted by molar-refractivity contribution is 5.71. The van der Waals surface area contributed by atoms with Crippen LogP contribution >= 0.6 is 0 Å². The van der Waals surface area contributed by atoms with Crippen LogP contribution in [-0.4, -0.2) is 37.2 Å². The quantitative estimate of drug-likeness (QED) is 0.0267. The predicted octanol–water partition coefficient (Wildman–Crippen LogP) is 14.6. The lowest BCUT2D eigenvalue weighted by molar-refractivity contribution is -0.167. The summed E-state index contributed by atoms with van der Waals surface area (Å²) in [5, 5.41) is 0. The molecule has 1 unspecified atom stereocenters. The molecule has 0 rings (SSSR count). The van der Waals surface area contributed by atoms with Crippen LogP contribution in [0.5, 0.6) is 0 Å². The Bertz CT molecular complexity index is 1180. The summed E-state index contributed by atoms with van der Waals surface area (Å²) < 4.78 is 16.6. The first kappa shape index (κ1) is 53.3. The summed E-state index contributed by atoms with van der Waals surface area (Å²) in [4.78, 5) is 37.7. The van der Waals surface area contributed by atoms with E-state index in [2.05, 4.69) is 81.5 Å². The lowest BCUT2D eigenvalue weighted by Crippen LogP contribution is -2.30. The van der Waals surface area contributed by atoms with E-state index >= 15 is 0 Å². The summed E-state index contributed by atoms with van der Waals surface area (Å²) in [6, 6.07) is 0. The Labute approximate surface area is 349 Å². The van der Waals surface area contributed by atoms with E-state index in [-0.39, 0.29) is 37.5 Å². The van der Waals surface area contributed by atoms with E-state index in [0.29, 0.717) is 19.3 Å². The van der Waals surface area contributed by atoms with Crippen LogP contribution in [0.15, 0.2) is 97.2 Å². The van der Waals surface area contributed by atoms with Gasteiger partial charge in [0.15, 0.2) is 6.10 Å². The molecule has 0 fully saturated rings. The minimum atomic E-state index is -0.812. The fourth-order valence-electron chi connectivity index (χ4n) is 5.71. The maximum absolute atomic E-state index is 12.7. The highest BCUT2D eigenvalue weighted by atomic mass is 16.6. The average Bonchev–Trinajstić information content (AvgIpc) is 3.21. The number of allylic oxidation sites excluding steroid dienone is 16. The molecule has 0 aromatic heterocycles. The number of carbonyl (C=O) groups excluding carboxylic acids is 3. The molecular weight excluding hydrogens is 709 g/mol. The lowest BCUT2D eigenvalue weighted by atomic mass is 10.1. The van der Waals surface area contributed by atoms with Gasteiger partial charge in [-0.2, -0.15) is 0 Å². The highest BCUT2D eigenvalue weighted by Gasteiger charge is 2.19. The van der Waals surface area contributed by atoms with Crippen LogP contribution in [0.25, 0.3) is 0 Å². The lowest BCUT2D eigenvalue weighted by Gasteiger charge is -2.18. The number of carbonyl (C=O) groups is 3. The average molecular weight is 791 g/mol. The first-order valence-electron chi connectivity index (χ1n) is 22.8. The maximum atomic E-state index is 12.7. The Morgan fingerprint density at radius 1 is 0.368 bits per heavy atom. The molecule has 322 valence electrons. The molecule has 0 aliphatic heterocycles. The van der Waals surface area contributed by atoms with Crippen LogP contribution in [0, 0.1) is 0 Å². The van der Waals surface area contributed by atoms with Gasteiger partial charge in [0.25, 0.3) is 0 Å². The second-order valence-corrected chi connectivity index (χ2v) is 14.7. The first-order chi connectivity index (χ1) is 28.0. The molecule has 0 aliphatic rings. The third-order valence-corrected chi connectivity index (χ3v) is 9.19. The molecule has 0 aromatic rings. The van der Waals surface area contributed by atoms with Crippen molar-refractivity contribution in [2.45, 2.75) is 194 Å². The van der Waals surface area contributed by atoms with Crippen LogP contribution in [0.3, 0.4) is 0 Å². The van der Waals surface area contributed by atoms with Crippen LogP contribution in [-0.2, 0) is 28.6 Å². The van der Waals surface area contributed by atoms with Crippen molar-refractivity contribution in [2.75, 3.05) is 13.2 Å². The SMILES string of the molecule is CC\C=C/C=C\C=C/C=C\CCCCCC(=O)OC(COC(=O)CCCCC/C=C\C=C/CCCC)COC(=O)CCCCCCCC/C=C\C=C/CCCCC. The molecular formula is C51H82O6.